The van der Waals surface area contributed by atoms with E-state index < -0.39 is 18.1 Å². The lowest BCUT2D eigenvalue weighted by Gasteiger charge is -2.31. The number of allylic oxidation sites excluding steroid dienone is 6. The zero-order chi connectivity index (χ0) is 42.8. The topological polar surface area (TPSA) is 99.1 Å². The van der Waals surface area contributed by atoms with Gasteiger partial charge in [-0.1, -0.05) is 185 Å². The number of hydrogen-bond donors (Lipinski definition) is 1. The quantitative estimate of drug-likeness (QED) is 0.0283. The Balaban J connectivity index is 4.24. The van der Waals surface area contributed by atoms with Crippen LogP contribution in [0.25, 0.3) is 0 Å². The molecule has 0 aromatic heterocycles. The minimum absolute atomic E-state index is 0.0484. The average molecular weight is 819 g/mol. The van der Waals surface area contributed by atoms with Gasteiger partial charge in [-0.05, 0) is 44.9 Å². The highest BCUT2D eigenvalue weighted by Gasteiger charge is 2.31. The summed E-state index contributed by atoms with van der Waals surface area (Å²) in [5.41, 5.74) is 0. The Morgan fingerprint density at radius 3 is 1.43 bits per heavy atom. The number of quaternary nitrogens is 1. The third-order valence-electron chi connectivity index (χ3n) is 10.8. The Morgan fingerprint density at radius 1 is 0.534 bits per heavy atom. The van der Waals surface area contributed by atoms with Crippen molar-refractivity contribution in [1.82, 2.24) is 0 Å². The molecular formula is C50H92NO7+. The lowest BCUT2D eigenvalue weighted by Crippen LogP contribution is -2.50. The van der Waals surface area contributed by atoms with Crippen LogP contribution in [-0.4, -0.2) is 80.6 Å². The van der Waals surface area contributed by atoms with Gasteiger partial charge >= 0.3 is 17.9 Å². The second kappa shape index (κ2) is 41.3. The molecule has 0 rings (SSSR count). The number of aliphatic carboxylic acids is 1. The number of carbonyl (C=O) groups is 3. The molecule has 338 valence electrons. The fourth-order valence-electron chi connectivity index (χ4n) is 7.11. The first-order valence-electron chi connectivity index (χ1n) is 24.0. The van der Waals surface area contributed by atoms with Gasteiger partial charge in [0, 0.05) is 19.3 Å². The maximum Gasteiger partial charge on any atom is 0.362 e. The molecule has 0 aliphatic heterocycles. The predicted molar refractivity (Wildman–Crippen MR) is 243 cm³/mol. The number of nitrogens with zero attached hydrogens (tertiary/aromatic N) is 1. The number of carbonyl (C=O) groups excluding carboxylic acids is 2. The van der Waals surface area contributed by atoms with E-state index in [1.807, 2.05) is 21.1 Å². The Bertz CT molecular complexity index is 1050. The van der Waals surface area contributed by atoms with Crippen molar-refractivity contribution in [3.05, 3.63) is 36.5 Å². The van der Waals surface area contributed by atoms with Crippen molar-refractivity contribution < 1.29 is 38.2 Å². The van der Waals surface area contributed by atoms with Gasteiger partial charge in [-0.2, -0.15) is 0 Å². The number of carboxylic acid groups (broad SMARTS) is 1. The summed E-state index contributed by atoms with van der Waals surface area (Å²) in [4.78, 5) is 37.0. The van der Waals surface area contributed by atoms with Crippen LogP contribution in [0.2, 0.25) is 0 Å². The monoisotopic (exact) mass is 819 g/mol. The number of rotatable bonds is 43. The Hall–Kier alpha value is -2.45. The third-order valence-corrected chi connectivity index (χ3v) is 10.8. The molecule has 0 saturated carbocycles. The van der Waals surface area contributed by atoms with Gasteiger partial charge in [0.05, 0.1) is 34.4 Å². The maximum absolute atomic E-state index is 12.8. The number of unbranched alkanes of at least 4 members (excludes halogenated alkanes) is 23. The maximum atomic E-state index is 12.8. The van der Waals surface area contributed by atoms with Crippen LogP contribution in [0.15, 0.2) is 36.5 Å². The van der Waals surface area contributed by atoms with E-state index in [1.54, 1.807) is 0 Å². The standard InChI is InChI=1S/C50H91NO7/c1-6-8-10-12-14-16-18-20-21-22-23-24-25-26-27-29-31-33-35-37-39-41-49(53)58-46(44-56-43-42-47(50(54)55)51(3,4)5)45-57-48(52)40-38-36-34-32-30-28-19-17-15-13-11-9-7-2/h8,10,14,16,20-21,46-47H,6-7,9,11-13,15,17-19,22-45H2,1-5H3/p+1/b10-8+,16-14+,21-20+. The third kappa shape index (κ3) is 39.0. The minimum atomic E-state index is -0.874. The molecule has 58 heavy (non-hydrogen) atoms. The SMILES string of the molecule is CC/C=C/C/C=C/C/C=C/CCCCCCCCCCCCCC(=O)OC(COCCC(C(=O)O)[N+](C)(C)C)COC(=O)CCCCCCCCCCCCCCC. The van der Waals surface area contributed by atoms with Gasteiger partial charge in [-0.25, -0.2) is 4.79 Å². The van der Waals surface area contributed by atoms with Crippen molar-refractivity contribution in [2.75, 3.05) is 41.0 Å². The largest absolute Gasteiger partial charge is 0.477 e. The van der Waals surface area contributed by atoms with Gasteiger partial charge in [0.25, 0.3) is 0 Å². The molecule has 0 aromatic carbocycles. The van der Waals surface area contributed by atoms with E-state index in [4.69, 9.17) is 14.2 Å². The second-order valence-corrected chi connectivity index (χ2v) is 17.3. The van der Waals surface area contributed by atoms with E-state index in [-0.39, 0.29) is 36.2 Å². The van der Waals surface area contributed by atoms with Gasteiger partial charge in [-0.3, -0.25) is 9.59 Å². The van der Waals surface area contributed by atoms with E-state index >= 15 is 0 Å². The molecule has 0 aromatic rings. The molecule has 8 nitrogen and oxygen atoms in total. The molecule has 0 saturated heterocycles. The number of carboxylic acids is 1. The zero-order valence-electron chi connectivity index (χ0n) is 38.5. The average Bonchev–Trinajstić information content (AvgIpc) is 3.18. The summed E-state index contributed by atoms with van der Waals surface area (Å²) in [5, 5.41) is 9.63. The highest BCUT2D eigenvalue weighted by atomic mass is 16.6. The number of likely N-dealkylation sites (N-methyl/N-ethyl adjacent to an activating group) is 1. The molecule has 0 heterocycles. The van der Waals surface area contributed by atoms with E-state index in [0.29, 0.717) is 19.3 Å². The molecule has 0 bridgehead atoms. The summed E-state index contributed by atoms with van der Waals surface area (Å²) >= 11 is 0. The highest BCUT2D eigenvalue weighted by Crippen LogP contribution is 2.16. The fraction of sp³-hybridized carbons (Fsp3) is 0.820. The van der Waals surface area contributed by atoms with Gasteiger partial charge < -0.3 is 23.8 Å². The zero-order valence-corrected chi connectivity index (χ0v) is 38.5. The molecule has 8 heteroatoms. The first-order chi connectivity index (χ1) is 28.1. The van der Waals surface area contributed by atoms with Gasteiger partial charge in [-0.15, -0.1) is 0 Å². The number of hydrogen-bond acceptors (Lipinski definition) is 6. The van der Waals surface area contributed by atoms with Crippen LogP contribution in [0.3, 0.4) is 0 Å². The van der Waals surface area contributed by atoms with Crippen LogP contribution in [0.1, 0.15) is 213 Å². The molecule has 0 amide bonds. The summed E-state index contributed by atoms with van der Waals surface area (Å²) in [6, 6.07) is -0.613. The molecule has 0 aliphatic carbocycles. The summed E-state index contributed by atoms with van der Waals surface area (Å²) in [7, 11) is 5.53. The van der Waals surface area contributed by atoms with E-state index in [2.05, 4.69) is 50.3 Å². The molecule has 2 atom stereocenters. The lowest BCUT2D eigenvalue weighted by atomic mass is 10.0. The second-order valence-electron chi connectivity index (χ2n) is 17.3. The van der Waals surface area contributed by atoms with Crippen molar-refractivity contribution in [2.45, 2.75) is 225 Å². The lowest BCUT2D eigenvalue weighted by molar-refractivity contribution is -0.887. The van der Waals surface area contributed by atoms with Crippen LogP contribution in [0, 0.1) is 0 Å². The summed E-state index contributed by atoms with van der Waals surface area (Å²) in [6.07, 6.45) is 47.6. The Morgan fingerprint density at radius 2 is 0.966 bits per heavy atom. The van der Waals surface area contributed by atoms with E-state index in [1.165, 1.54) is 122 Å². The van der Waals surface area contributed by atoms with Crippen LogP contribution in [-0.2, 0) is 28.6 Å². The van der Waals surface area contributed by atoms with Crippen molar-refractivity contribution in [2.24, 2.45) is 0 Å². The molecule has 0 spiro atoms. The van der Waals surface area contributed by atoms with Crippen molar-refractivity contribution >= 4 is 17.9 Å². The van der Waals surface area contributed by atoms with Gasteiger partial charge in [0.15, 0.2) is 12.1 Å². The van der Waals surface area contributed by atoms with Crippen LogP contribution >= 0.6 is 0 Å². The fourth-order valence-corrected chi connectivity index (χ4v) is 7.11. The predicted octanol–water partition coefficient (Wildman–Crippen LogP) is 13.4. The summed E-state index contributed by atoms with van der Waals surface area (Å²) in [5.74, 6) is -1.46. The van der Waals surface area contributed by atoms with Crippen molar-refractivity contribution in [3.8, 4) is 0 Å². The van der Waals surface area contributed by atoms with Crippen molar-refractivity contribution in [3.63, 3.8) is 0 Å². The Labute approximate surface area is 357 Å². The van der Waals surface area contributed by atoms with Gasteiger partial charge in [0.1, 0.15) is 6.61 Å². The first-order valence-corrected chi connectivity index (χ1v) is 24.0. The smallest absolute Gasteiger partial charge is 0.362 e. The molecule has 0 radical (unpaired) electrons. The summed E-state index contributed by atoms with van der Waals surface area (Å²) in [6.45, 7) is 4.64. The van der Waals surface area contributed by atoms with Gasteiger partial charge in [0.2, 0.25) is 0 Å². The molecule has 2 unspecified atom stereocenters. The Kier molecular flexibility index (Phi) is 39.5. The number of esters is 2. The van der Waals surface area contributed by atoms with Crippen LogP contribution in [0.5, 0.6) is 0 Å². The van der Waals surface area contributed by atoms with Crippen LogP contribution < -0.4 is 0 Å². The highest BCUT2D eigenvalue weighted by molar-refractivity contribution is 5.72. The summed E-state index contributed by atoms with van der Waals surface area (Å²) < 4.78 is 17.3. The first kappa shape index (κ1) is 55.5. The number of ether oxygens (including phenoxy) is 3. The van der Waals surface area contributed by atoms with Crippen LogP contribution in [0.4, 0.5) is 0 Å². The molecular weight excluding hydrogens is 727 g/mol. The molecule has 1 N–H and O–H groups in total. The van der Waals surface area contributed by atoms with E-state index in [9.17, 15) is 19.5 Å². The normalized spacial score (nSPS) is 13.2. The minimum Gasteiger partial charge on any atom is -0.477 e. The molecule has 0 fully saturated rings. The van der Waals surface area contributed by atoms with Crippen molar-refractivity contribution in [1.29, 1.82) is 0 Å². The van der Waals surface area contributed by atoms with E-state index in [0.717, 1.165) is 57.8 Å². The molecule has 0 aliphatic rings.